The number of hydrogen-bond acceptors (Lipinski definition) is 3. The van der Waals surface area contributed by atoms with Crippen LogP contribution in [-0.4, -0.2) is 12.5 Å². The van der Waals surface area contributed by atoms with Gasteiger partial charge in [-0.15, -0.1) is 11.3 Å². The Morgan fingerprint density at radius 2 is 1.88 bits per heavy atom. The predicted molar refractivity (Wildman–Crippen MR) is 105 cm³/mol. The number of benzene rings is 1. The van der Waals surface area contributed by atoms with Crippen LogP contribution in [0.1, 0.15) is 50.2 Å². The van der Waals surface area contributed by atoms with Crippen LogP contribution in [0.3, 0.4) is 0 Å². The van der Waals surface area contributed by atoms with E-state index in [9.17, 15) is 4.79 Å². The smallest absolute Gasteiger partial charge is 0.234 e. The van der Waals surface area contributed by atoms with Gasteiger partial charge < -0.3 is 10.6 Å². The molecule has 3 nitrogen and oxygen atoms in total. The molecule has 2 rings (SSSR count). The molecule has 130 valence electrons. The molecule has 1 aromatic carbocycles. The lowest BCUT2D eigenvalue weighted by Crippen LogP contribution is -2.40. The van der Waals surface area contributed by atoms with Crippen LogP contribution >= 0.6 is 27.3 Å². The largest absolute Gasteiger partial charge is 0.348 e. The molecule has 0 aliphatic heterocycles. The molecule has 1 aromatic heterocycles. The van der Waals surface area contributed by atoms with Crippen molar-refractivity contribution in [2.75, 3.05) is 6.54 Å². The average Bonchev–Trinajstić information content (AvgIpc) is 3.00. The molecule has 5 heteroatoms. The summed E-state index contributed by atoms with van der Waals surface area (Å²) in [5.74, 6) is 0.0104. The minimum Gasteiger partial charge on any atom is -0.348 e. The van der Waals surface area contributed by atoms with E-state index < -0.39 is 0 Å². The summed E-state index contributed by atoms with van der Waals surface area (Å²) in [6.07, 6.45) is 0. The summed E-state index contributed by atoms with van der Waals surface area (Å²) < 4.78 is 1.04. The highest BCUT2D eigenvalue weighted by atomic mass is 79.9. The Labute approximate surface area is 157 Å². The monoisotopic (exact) mass is 408 g/mol. The second-order valence-electron chi connectivity index (χ2n) is 7.04. The van der Waals surface area contributed by atoms with Crippen LogP contribution in [-0.2, 0) is 4.79 Å². The summed E-state index contributed by atoms with van der Waals surface area (Å²) in [7, 11) is 0. The fourth-order valence-corrected chi connectivity index (χ4v) is 3.92. The van der Waals surface area contributed by atoms with Crippen molar-refractivity contribution < 1.29 is 4.79 Å². The van der Waals surface area contributed by atoms with E-state index in [1.54, 1.807) is 11.3 Å². The lowest BCUT2D eigenvalue weighted by molar-refractivity contribution is -0.121. The molecule has 0 aliphatic carbocycles. The fraction of sp³-hybridized carbons (Fsp3) is 0.421. The average molecular weight is 409 g/mol. The zero-order chi connectivity index (χ0) is 17.7. The van der Waals surface area contributed by atoms with Gasteiger partial charge in [-0.05, 0) is 41.5 Å². The summed E-state index contributed by atoms with van der Waals surface area (Å²) in [6.45, 7) is 8.87. The maximum Gasteiger partial charge on any atom is 0.234 e. The van der Waals surface area contributed by atoms with Crippen LogP contribution in [0.2, 0.25) is 0 Å². The number of carbonyl (C=O) groups excluding carboxylic acids is 1. The first-order valence-electron chi connectivity index (χ1n) is 8.09. The van der Waals surface area contributed by atoms with E-state index >= 15 is 0 Å². The molecular formula is C19H25BrN2OS. The van der Waals surface area contributed by atoms with Crippen LogP contribution in [0.5, 0.6) is 0 Å². The van der Waals surface area contributed by atoms with Crippen LogP contribution in [0.4, 0.5) is 0 Å². The third kappa shape index (κ3) is 5.43. The molecule has 2 N–H and O–H groups in total. The van der Waals surface area contributed by atoms with Gasteiger partial charge in [0.25, 0.3) is 0 Å². The molecule has 0 fully saturated rings. The molecule has 0 saturated heterocycles. The summed E-state index contributed by atoms with van der Waals surface area (Å²) in [5.41, 5.74) is 1.14. The zero-order valence-electron chi connectivity index (χ0n) is 14.6. The zero-order valence-corrected chi connectivity index (χ0v) is 17.0. The van der Waals surface area contributed by atoms with E-state index in [0.717, 1.165) is 10.0 Å². The van der Waals surface area contributed by atoms with Gasteiger partial charge in [0.2, 0.25) is 5.91 Å². The molecule has 0 aliphatic rings. The molecule has 0 radical (unpaired) electrons. The Morgan fingerprint density at radius 3 is 2.42 bits per heavy atom. The van der Waals surface area contributed by atoms with Crippen molar-refractivity contribution in [3.63, 3.8) is 0 Å². The summed E-state index contributed by atoms with van der Waals surface area (Å²) >= 11 is 5.15. The fourth-order valence-electron chi connectivity index (χ4n) is 2.61. The normalized spacial score (nSPS) is 14.2. The van der Waals surface area contributed by atoms with E-state index in [0.29, 0.717) is 6.54 Å². The van der Waals surface area contributed by atoms with Crippen molar-refractivity contribution in [1.29, 1.82) is 0 Å². The molecule has 2 aromatic rings. The van der Waals surface area contributed by atoms with E-state index in [1.807, 2.05) is 31.2 Å². The molecular weight excluding hydrogens is 384 g/mol. The molecule has 0 saturated carbocycles. The SMILES string of the molecule is C[C@@H](NC(=O)CN[C@H](c1cccs1)C(C)(C)C)c1ccc(Br)cc1. The van der Waals surface area contributed by atoms with E-state index in [4.69, 9.17) is 0 Å². The Morgan fingerprint density at radius 1 is 1.21 bits per heavy atom. The van der Waals surface area contributed by atoms with Crippen LogP contribution in [0.25, 0.3) is 0 Å². The van der Waals surface area contributed by atoms with Gasteiger partial charge in [0.05, 0.1) is 12.6 Å². The molecule has 24 heavy (non-hydrogen) atoms. The molecule has 1 amide bonds. The van der Waals surface area contributed by atoms with E-state index in [2.05, 4.69) is 64.8 Å². The summed E-state index contributed by atoms with van der Waals surface area (Å²) in [6, 6.07) is 12.3. The van der Waals surface area contributed by atoms with Gasteiger partial charge in [0.15, 0.2) is 0 Å². The predicted octanol–water partition coefficient (Wildman–Crippen LogP) is 5.06. The van der Waals surface area contributed by atoms with Gasteiger partial charge in [-0.25, -0.2) is 0 Å². The first kappa shape index (κ1) is 19.2. The second-order valence-corrected chi connectivity index (χ2v) is 8.93. The lowest BCUT2D eigenvalue weighted by atomic mass is 9.86. The number of hydrogen-bond donors (Lipinski definition) is 2. The van der Waals surface area contributed by atoms with Crippen LogP contribution in [0, 0.1) is 5.41 Å². The van der Waals surface area contributed by atoms with Crippen molar-refractivity contribution in [2.45, 2.75) is 39.8 Å². The molecule has 0 spiro atoms. The molecule has 2 atom stereocenters. The topological polar surface area (TPSA) is 41.1 Å². The molecule has 1 heterocycles. The number of carbonyl (C=O) groups is 1. The maximum atomic E-state index is 12.3. The highest BCUT2D eigenvalue weighted by molar-refractivity contribution is 9.10. The third-order valence-corrected chi connectivity index (χ3v) is 5.37. The van der Waals surface area contributed by atoms with Crippen molar-refractivity contribution in [3.05, 3.63) is 56.7 Å². The standard InChI is InChI=1S/C19H25BrN2OS/c1-13(14-7-9-15(20)10-8-14)22-17(23)12-21-18(19(2,3)4)16-6-5-11-24-16/h5-11,13,18,21H,12H2,1-4H3,(H,22,23)/t13-,18-/m1/s1. The Hall–Kier alpha value is -1.17. The number of rotatable bonds is 6. The Kier molecular flexibility index (Phi) is 6.61. The van der Waals surface area contributed by atoms with Gasteiger partial charge in [0.1, 0.15) is 0 Å². The lowest BCUT2D eigenvalue weighted by Gasteiger charge is -2.31. The van der Waals surface area contributed by atoms with E-state index in [1.165, 1.54) is 4.88 Å². The van der Waals surface area contributed by atoms with Gasteiger partial charge in [0, 0.05) is 15.4 Å². The summed E-state index contributed by atoms with van der Waals surface area (Å²) in [5, 5.41) is 8.55. The number of amides is 1. The van der Waals surface area contributed by atoms with Crippen molar-refractivity contribution >= 4 is 33.2 Å². The van der Waals surface area contributed by atoms with Gasteiger partial charge >= 0.3 is 0 Å². The van der Waals surface area contributed by atoms with Gasteiger partial charge in [-0.1, -0.05) is 54.9 Å². The first-order chi connectivity index (χ1) is 11.3. The van der Waals surface area contributed by atoms with Crippen LogP contribution in [0.15, 0.2) is 46.3 Å². The van der Waals surface area contributed by atoms with Crippen LogP contribution < -0.4 is 10.6 Å². The molecule has 0 unspecified atom stereocenters. The first-order valence-corrected chi connectivity index (χ1v) is 9.76. The number of halogens is 1. The highest BCUT2D eigenvalue weighted by Crippen LogP contribution is 2.34. The van der Waals surface area contributed by atoms with Crippen molar-refractivity contribution in [2.24, 2.45) is 5.41 Å². The van der Waals surface area contributed by atoms with Crippen molar-refractivity contribution in [3.8, 4) is 0 Å². The molecule has 0 bridgehead atoms. The van der Waals surface area contributed by atoms with Crippen molar-refractivity contribution in [1.82, 2.24) is 10.6 Å². The Balaban J connectivity index is 1.92. The van der Waals surface area contributed by atoms with Gasteiger partial charge in [-0.2, -0.15) is 0 Å². The highest BCUT2D eigenvalue weighted by Gasteiger charge is 2.27. The second kappa shape index (κ2) is 8.28. The summed E-state index contributed by atoms with van der Waals surface area (Å²) in [4.78, 5) is 13.6. The number of thiophene rings is 1. The minimum absolute atomic E-state index is 0.0104. The quantitative estimate of drug-likeness (QED) is 0.700. The Bertz CT molecular complexity index is 647. The van der Waals surface area contributed by atoms with Gasteiger partial charge in [-0.3, -0.25) is 4.79 Å². The maximum absolute atomic E-state index is 12.3. The minimum atomic E-state index is -0.0118. The third-order valence-electron chi connectivity index (χ3n) is 3.91. The number of nitrogens with one attached hydrogen (secondary N) is 2. The van der Waals surface area contributed by atoms with E-state index in [-0.39, 0.29) is 23.4 Å².